The molecule has 1 aromatic rings. The largest absolute Gasteiger partial charge is 0.380 e. The van der Waals surface area contributed by atoms with Crippen LogP contribution < -0.4 is 5.32 Å². The molecule has 2 fully saturated rings. The lowest BCUT2D eigenvalue weighted by atomic mass is 9.61. The van der Waals surface area contributed by atoms with Crippen LogP contribution in [0.2, 0.25) is 5.15 Å². The second-order valence-corrected chi connectivity index (χ2v) is 5.61. The van der Waals surface area contributed by atoms with Gasteiger partial charge in [-0.05, 0) is 18.8 Å². The molecule has 6 heteroatoms. The van der Waals surface area contributed by atoms with E-state index in [0.717, 1.165) is 19.8 Å². The highest BCUT2D eigenvalue weighted by molar-refractivity contribution is 6.29. The molecule has 2 N–H and O–H groups in total. The Morgan fingerprint density at radius 2 is 2.33 bits per heavy atom. The minimum Gasteiger partial charge on any atom is -0.380 e. The van der Waals surface area contributed by atoms with Gasteiger partial charge in [-0.2, -0.15) is 0 Å². The molecule has 1 spiro atoms. The molecule has 1 aliphatic heterocycles. The monoisotopic (exact) mass is 266 g/mol. The zero-order valence-electron chi connectivity index (χ0n) is 9.95. The average Bonchev–Trinajstić information content (AvgIpc) is 2.25. The molecule has 0 bridgehead atoms. The Labute approximate surface area is 110 Å². The molecule has 3 rings (SSSR count). The summed E-state index contributed by atoms with van der Waals surface area (Å²) in [5, 5.41) is 10.9. The normalized spacial score (nSPS) is 21.2. The van der Waals surface area contributed by atoms with Crippen molar-refractivity contribution in [3.63, 3.8) is 0 Å². The molecule has 1 aliphatic carbocycles. The SMILES string of the molecule is N=Cc1ncc(Cl)nc1NCC1CC2(COC2)C1. The van der Waals surface area contributed by atoms with Crippen molar-refractivity contribution in [3.05, 3.63) is 17.0 Å². The highest BCUT2D eigenvalue weighted by Gasteiger charge is 2.49. The summed E-state index contributed by atoms with van der Waals surface area (Å²) in [5.74, 6) is 1.26. The third-order valence-electron chi connectivity index (χ3n) is 3.73. The highest BCUT2D eigenvalue weighted by Crippen LogP contribution is 2.50. The Kier molecular flexibility index (Phi) is 2.95. The lowest BCUT2D eigenvalue weighted by Crippen LogP contribution is -2.53. The zero-order chi connectivity index (χ0) is 12.6. The summed E-state index contributed by atoms with van der Waals surface area (Å²) in [6.07, 6.45) is 5.08. The van der Waals surface area contributed by atoms with Crippen LogP contribution in [0.3, 0.4) is 0 Å². The lowest BCUT2D eigenvalue weighted by molar-refractivity contribution is -0.176. The lowest BCUT2D eigenvalue weighted by Gasteiger charge is -2.53. The van der Waals surface area contributed by atoms with Crippen LogP contribution in [0.25, 0.3) is 0 Å². The maximum absolute atomic E-state index is 7.27. The Balaban J connectivity index is 1.57. The van der Waals surface area contributed by atoms with E-state index < -0.39 is 0 Å². The van der Waals surface area contributed by atoms with E-state index in [1.54, 1.807) is 0 Å². The second kappa shape index (κ2) is 4.48. The summed E-state index contributed by atoms with van der Waals surface area (Å²) in [4.78, 5) is 8.22. The predicted molar refractivity (Wildman–Crippen MR) is 69.4 cm³/mol. The first-order valence-electron chi connectivity index (χ1n) is 6.05. The van der Waals surface area contributed by atoms with E-state index in [9.17, 15) is 0 Å². The predicted octanol–water partition coefficient (Wildman–Crippen LogP) is 1.97. The maximum atomic E-state index is 7.27. The van der Waals surface area contributed by atoms with E-state index in [0.29, 0.717) is 28.0 Å². The molecule has 0 radical (unpaired) electrons. The van der Waals surface area contributed by atoms with Gasteiger partial charge in [-0.1, -0.05) is 11.6 Å². The van der Waals surface area contributed by atoms with Crippen molar-refractivity contribution >= 4 is 23.6 Å². The smallest absolute Gasteiger partial charge is 0.155 e. The van der Waals surface area contributed by atoms with Gasteiger partial charge >= 0.3 is 0 Å². The quantitative estimate of drug-likeness (QED) is 0.818. The fraction of sp³-hybridized carbons (Fsp3) is 0.583. The molecule has 1 saturated carbocycles. The van der Waals surface area contributed by atoms with Gasteiger partial charge in [0.15, 0.2) is 5.82 Å². The maximum Gasteiger partial charge on any atom is 0.155 e. The van der Waals surface area contributed by atoms with Crippen molar-refractivity contribution in [2.45, 2.75) is 12.8 Å². The minimum absolute atomic E-state index is 0.348. The summed E-state index contributed by atoms with van der Waals surface area (Å²) >= 11 is 5.81. The van der Waals surface area contributed by atoms with Gasteiger partial charge in [-0.25, -0.2) is 9.97 Å². The van der Waals surface area contributed by atoms with Crippen LogP contribution in [-0.4, -0.2) is 35.9 Å². The van der Waals surface area contributed by atoms with E-state index in [1.165, 1.54) is 25.3 Å². The van der Waals surface area contributed by atoms with Gasteiger partial charge < -0.3 is 15.5 Å². The van der Waals surface area contributed by atoms with E-state index >= 15 is 0 Å². The standard InChI is InChI=1S/C12H15ClN4O/c13-10-5-15-9(3-14)11(17-10)16-4-8-1-12(2-8)6-18-7-12/h3,5,8,14H,1-2,4,6-7H2,(H,16,17). The van der Waals surface area contributed by atoms with E-state index in [1.807, 2.05) is 0 Å². The number of hydrogen-bond donors (Lipinski definition) is 2. The van der Waals surface area contributed by atoms with E-state index in [4.69, 9.17) is 21.7 Å². The van der Waals surface area contributed by atoms with Crippen molar-refractivity contribution in [1.29, 1.82) is 5.41 Å². The highest BCUT2D eigenvalue weighted by atomic mass is 35.5. The molecule has 0 unspecified atom stereocenters. The van der Waals surface area contributed by atoms with E-state index in [2.05, 4.69) is 15.3 Å². The molecule has 0 atom stereocenters. The number of nitrogens with one attached hydrogen (secondary N) is 2. The third-order valence-corrected chi connectivity index (χ3v) is 3.91. The van der Waals surface area contributed by atoms with Crippen LogP contribution in [0, 0.1) is 16.7 Å². The molecule has 1 saturated heterocycles. The molecular weight excluding hydrogens is 252 g/mol. The van der Waals surface area contributed by atoms with Crippen molar-refractivity contribution in [2.24, 2.45) is 11.3 Å². The minimum atomic E-state index is 0.348. The van der Waals surface area contributed by atoms with Gasteiger partial charge in [0.05, 0.1) is 19.4 Å². The van der Waals surface area contributed by atoms with Gasteiger partial charge in [0.2, 0.25) is 0 Å². The van der Waals surface area contributed by atoms with Crippen LogP contribution in [0.1, 0.15) is 18.5 Å². The topological polar surface area (TPSA) is 70.9 Å². The molecule has 5 nitrogen and oxygen atoms in total. The third kappa shape index (κ3) is 2.08. The summed E-state index contributed by atoms with van der Waals surface area (Å²) in [6, 6.07) is 0. The molecule has 1 aromatic heterocycles. The van der Waals surface area contributed by atoms with Crippen molar-refractivity contribution in [3.8, 4) is 0 Å². The number of halogens is 1. The molecule has 96 valence electrons. The Morgan fingerprint density at radius 1 is 1.56 bits per heavy atom. The van der Waals surface area contributed by atoms with Crippen molar-refractivity contribution in [2.75, 3.05) is 25.1 Å². The number of hydrogen-bond acceptors (Lipinski definition) is 5. The molecule has 2 heterocycles. The van der Waals surface area contributed by atoms with Gasteiger partial charge in [0.1, 0.15) is 10.8 Å². The fourth-order valence-corrected chi connectivity index (χ4v) is 2.92. The molecule has 0 amide bonds. The number of aromatic nitrogens is 2. The number of ether oxygens (including phenoxy) is 1. The molecule has 0 aromatic carbocycles. The zero-order valence-corrected chi connectivity index (χ0v) is 10.7. The van der Waals surface area contributed by atoms with Crippen LogP contribution >= 0.6 is 11.6 Å². The van der Waals surface area contributed by atoms with Gasteiger partial charge in [0.25, 0.3) is 0 Å². The number of nitrogens with zero attached hydrogens (tertiary/aromatic N) is 2. The summed E-state index contributed by atoms with van der Waals surface area (Å²) in [6.45, 7) is 2.70. The number of anilines is 1. The van der Waals surface area contributed by atoms with Crippen LogP contribution in [0.4, 0.5) is 5.82 Å². The Hall–Kier alpha value is -1.20. The molecule has 18 heavy (non-hydrogen) atoms. The first-order chi connectivity index (χ1) is 8.71. The summed E-state index contributed by atoms with van der Waals surface area (Å²) < 4.78 is 5.25. The van der Waals surface area contributed by atoms with Gasteiger partial charge in [-0.3, -0.25) is 0 Å². The second-order valence-electron chi connectivity index (χ2n) is 5.22. The van der Waals surface area contributed by atoms with Crippen LogP contribution in [-0.2, 0) is 4.74 Å². The first kappa shape index (κ1) is 11.9. The van der Waals surface area contributed by atoms with Crippen LogP contribution in [0.5, 0.6) is 0 Å². The van der Waals surface area contributed by atoms with Crippen molar-refractivity contribution in [1.82, 2.24) is 9.97 Å². The molecule has 2 aliphatic rings. The fourth-order valence-electron chi connectivity index (χ4n) is 2.79. The van der Waals surface area contributed by atoms with Gasteiger partial charge in [0, 0.05) is 18.2 Å². The average molecular weight is 267 g/mol. The van der Waals surface area contributed by atoms with E-state index in [-0.39, 0.29) is 0 Å². The number of rotatable bonds is 4. The molecular formula is C12H15ClN4O. The summed E-state index contributed by atoms with van der Waals surface area (Å²) in [5.41, 5.74) is 1.01. The summed E-state index contributed by atoms with van der Waals surface area (Å²) in [7, 11) is 0. The van der Waals surface area contributed by atoms with Gasteiger partial charge in [-0.15, -0.1) is 0 Å². The Bertz CT molecular complexity index is 467. The van der Waals surface area contributed by atoms with Crippen LogP contribution in [0.15, 0.2) is 6.20 Å². The van der Waals surface area contributed by atoms with Crippen molar-refractivity contribution < 1.29 is 4.74 Å². The first-order valence-corrected chi connectivity index (χ1v) is 6.43. The Morgan fingerprint density at radius 3 is 2.94 bits per heavy atom.